The van der Waals surface area contributed by atoms with Crippen molar-refractivity contribution in [3.63, 3.8) is 0 Å². The predicted molar refractivity (Wildman–Crippen MR) is 166 cm³/mol. The Labute approximate surface area is 229 Å². The van der Waals surface area contributed by atoms with Crippen molar-refractivity contribution >= 4 is 22.4 Å². The van der Waals surface area contributed by atoms with Crippen molar-refractivity contribution in [2.45, 2.75) is 27.7 Å². The molecule has 0 saturated carbocycles. The molecule has 4 rings (SSSR count). The fourth-order valence-corrected chi connectivity index (χ4v) is 5.02. The highest BCUT2D eigenvalue weighted by Crippen LogP contribution is 2.41. The molecule has 0 heterocycles. The second-order valence-electron chi connectivity index (χ2n) is 9.33. The van der Waals surface area contributed by atoms with Crippen molar-refractivity contribution in [1.82, 2.24) is 4.90 Å². The first kappa shape index (κ1) is 27.0. The molecule has 0 spiro atoms. The van der Waals surface area contributed by atoms with E-state index in [0.717, 1.165) is 26.2 Å². The summed E-state index contributed by atoms with van der Waals surface area (Å²) in [6.45, 7) is 12.8. The molecule has 4 aromatic carbocycles. The lowest BCUT2D eigenvalue weighted by Gasteiger charge is -2.25. The number of hydrogen-bond donors (Lipinski definition) is 0. The lowest BCUT2D eigenvalue weighted by Crippen LogP contribution is -2.21. The normalized spacial score (nSPS) is 12.2. The molecular formula is C36H40N2. The molecule has 0 atom stereocenters. The summed E-state index contributed by atoms with van der Waals surface area (Å²) in [4.78, 5) is 4.78. The second-order valence-corrected chi connectivity index (χ2v) is 9.33. The predicted octanol–water partition coefficient (Wildman–Crippen LogP) is 8.87. The highest BCUT2D eigenvalue weighted by molar-refractivity contribution is 6.17. The van der Waals surface area contributed by atoms with E-state index in [4.69, 9.17) is 0 Å². The van der Waals surface area contributed by atoms with Crippen LogP contribution in [0.3, 0.4) is 0 Å². The number of anilines is 1. The van der Waals surface area contributed by atoms with Crippen LogP contribution < -0.4 is 4.90 Å². The van der Waals surface area contributed by atoms with Gasteiger partial charge in [0.05, 0.1) is 0 Å². The Hall–Kier alpha value is -4.04. The third-order valence-corrected chi connectivity index (χ3v) is 7.14. The maximum absolute atomic E-state index is 2.39. The van der Waals surface area contributed by atoms with Crippen LogP contribution in [0.25, 0.3) is 16.7 Å². The van der Waals surface area contributed by atoms with E-state index in [0.29, 0.717) is 0 Å². The zero-order chi connectivity index (χ0) is 26.7. The van der Waals surface area contributed by atoms with Gasteiger partial charge in [0.2, 0.25) is 0 Å². The highest BCUT2D eigenvalue weighted by Gasteiger charge is 2.20. The SMILES string of the molecule is CCN(C=C(C(=C(c1ccccc1)c1ccc(N(CC)CC)cc1)c1ccccc1)c1ccccc1)CC. The van der Waals surface area contributed by atoms with Gasteiger partial charge in [-0.15, -0.1) is 0 Å². The minimum Gasteiger partial charge on any atom is -0.377 e. The van der Waals surface area contributed by atoms with E-state index in [1.54, 1.807) is 0 Å². The van der Waals surface area contributed by atoms with Crippen molar-refractivity contribution in [2.24, 2.45) is 0 Å². The van der Waals surface area contributed by atoms with Gasteiger partial charge in [-0.25, -0.2) is 0 Å². The summed E-state index contributed by atoms with van der Waals surface area (Å²) in [5, 5.41) is 0. The average Bonchev–Trinajstić information content (AvgIpc) is 2.99. The topological polar surface area (TPSA) is 6.48 Å². The number of hydrogen-bond acceptors (Lipinski definition) is 2. The molecule has 0 unspecified atom stereocenters. The standard InChI is InChI=1S/C36H40N2/c1-5-37(6-2)28-34(29-18-12-9-13-19-29)36(31-22-16-11-17-23-31)35(30-20-14-10-15-21-30)32-24-26-33(27-25-32)38(7-3)8-4/h9-28H,5-8H2,1-4H3. The zero-order valence-corrected chi connectivity index (χ0v) is 23.3. The molecule has 0 saturated heterocycles. The molecular weight excluding hydrogens is 460 g/mol. The summed E-state index contributed by atoms with van der Waals surface area (Å²) in [5.74, 6) is 0. The van der Waals surface area contributed by atoms with Gasteiger partial charge in [0.15, 0.2) is 0 Å². The molecule has 0 aliphatic carbocycles. The molecule has 38 heavy (non-hydrogen) atoms. The van der Waals surface area contributed by atoms with Gasteiger partial charge in [0.1, 0.15) is 0 Å². The average molecular weight is 501 g/mol. The number of allylic oxidation sites excluding steroid dienone is 2. The Kier molecular flexibility index (Phi) is 9.59. The van der Waals surface area contributed by atoms with Crippen molar-refractivity contribution in [2.75, 3.05) is 31.1 Å². The number of rotatable bonds is 11. The van der Waals surface area contributed by atoms with Gasteiger partial charge in [-0.2, -0.15) is 0 Å². The van der Waals surface area contributed by atoms with Gasteiger partial charge in [-0.05, 0) is 73.2 Å². The number of nitrogens with zero attached hydrogens (tertiary/aromatic N) is 2. The Morgan fingerprint density at radius 1 is 0.500 bits per heavy atom. The van der Waals surface area contributed by atoms with Gasteiger partial charge in [-0.3, -0.25) is 0 Å². The zero-order valence-electron chi connectivity index (χ0n) is 23.3. The van der Waals surface area contributed by atoms with Crippen LogP contribution in [0.5, 0.6) is 0 Å². The van der Waals surface area contributed by atoms with E-state index in [2.05, 4.69) is 159 Å². The fraction of sp³-hybridized carbons (Fsp3) is 0.222. The van der Waals surface area contributed by atoms with Crippen LogP contribution in [-0.4, -0.2) is 31.1 Å². The summed E-state index contributed by atoms with van der Waals surface area (Å²) >= 11 is 0. The Bertz CT molecular complexity index is 1310. The molecule has 0 N–H and O–H groups in total. The first-order valence-electron chi connectivity index (χ1n) is 13.9. The van der Waals surface area contributed by atoms with E-state index < -0.39 is 0 Å². The molecule has 0 aliphatic rings. The van der Waals surface area contributed by atoms with Crippen molar-refractivity contribution in [1.29, 1.82) is 0 Å². The van der Waals surface area contributed by atoms with Gasteiger partial charge >= 0.3 is 0 Å². The highest BCUT2D eigenvalue weighted by atomic mass is 15.1. The monoisotopic (exact) mass is 500 g/mol. The van der Waals surface area contributed by atoms with Gasteiger partial charge in [-0.1, -0.05) is 103 Å². The maximum Gasteiger partial charge on any atom is 0.0366 e. The summed E-state index contributed by atoms with van der Waals surface area (Å²) < 4.78 is 0. The van der Waals surface area contributed by atoms with Crippen LogP contribution in [-0.2, 0) is 0 Å². The van der Waals surface area contributed by atoms with Crippen LogP contribution in [0.15, 0.2) is 121 Å². The van der Waals surface area contributed by atoms with E-state index in [1.807, 2.05) is 0 Å². The molecule has 2 nitrogen and oxygen atoms in total. The second kappa shape index (κ2) is 13.5. The van der Waals surface area contributed by atoms with Crippen LogP contribution in [0.1, 0.15) is 49.9 Å². The van der Waals surface area contributed by atoms with Gasteiger partial charge < -0.3 is 9.80 Å². The lowest BCUT2D eigenvalue weighted by molar-refractivity contribution is 0.420. The fourth-order valence-electron chi connectivity index (χ4n) is 5.02. The summed E-state index contributed by atoms with van der Waals surface area (Å²) in [7, 11) is 0. The summed E-state index contributed by atoms with van der Waals surface area (Å²) in [5.41, 5.74) is 9.82. The van der Waals surface area contributed by atoms with Crippen LogP contribution >= 0.6 is 0 Å². The molecule has 0 aliphatic heterocycles. The molecule has 0 radical (unpaired) electrons. The first-order chi connectivity index (χ1) is 18.7. The number of benzene rings is 4. The Balaban J connectivity index is 2.08. The van der Waals surface area contributed by atoms with E-state index >= 15 is 0 Å². The van der Waals surface area contributed by atoms with Crippen molar-refractivity contribution < 1.29 is 0 Å². The van der Waals surface area contributed by atoms with Crippen molar-refractivity contribution in [3.8, 4) is 0 Å². The van der Waals surface area contributed by atoms with E-state index in [-0.39, 0.29) is 0 Å². The molecule has 4 aromatic rings. The summed E-state index contributed by atoms with van der Waals surface area (Å²) in [6.07, 6.45) is 2.35. The third-order valence-electron chi connectivity index (χ3n) is 7.14. The largest absolute Gasteiger partial charge is 0.377 e. The quantitative estimate of drug-likeness (QED) is 0.150. The minimum absolute atomic E-state index is 0.953. The molecule has 194 valence electrons. The molecule has 0 aromatic heterocycles. The van der Waals surface area contributed by atoms with Gasteiger partial charge in [0, 0.05) is 43.6 Å². The Morgan fingerprint density at radius 2 is 0.947 bits per heavy atom. The lowest BCUT2D eigenvalue weighted by atomic mass is 9.83. The Morgan fingerprint density at radius 3 is 1.42 bits per heavy atom. The first-order valence-corrected chi connectivity index (χ1v) is 13.9. The molecule has 0 amide bonds. The van der Waals surface area contributed by atoms with E-state index in [1.165, 1.54) is 44.7 Å². The molecule has 0 bridgehead atoms. The molecule has 2 heteroatoms. The van der Waals surface area contributed by atoms with Crippen LogP contribution in [0.2, 0.25) is 0 Å². The van der Waals surface area contributed by atoms with Crippen LogP contribution in [0, 0.1) is 0 Å². The third kappa shape index (κ3) is 6.26. The molecule has 0 fully saturated rings. The maximum atomic E-state index is 2.39. The van der Waals surface area contributed by atoms with Crippen LogP contribution in [0.4, 0.5) is 5.69 Å². The summed E-state index contributed by atoms with van der Waals surface area (Å²) in [6, 6.07) is 41.6. The van der Waals surface area contributed by atoms with Gasteiger partial charge in [0.25, 0.3) is 0 Å². The van der Waals surface area contributed by atoms with Crippen molar-refractivity contribution in [3.05, 3.63) is 144 Å². The van der Waals surface area contributed by atoms with E-state index in [9.17, 15) is 0 Å². The minimum atomic E-state index is 0.953. The smallest absolute Gasteiger partial charge is 0.0366 e.